The minimum absolute atomic E-state index is 0. The Labute approximate surface area is 329 Å². The van der Waals surface area contributed by atoms with Gasteiger partial charge in [-0.3, -0.25) is 20.4 Å². The van der Waals surface area contributed by atoms with Crippen LogP contribution in [0.4, 0.5) is 0 Å². The van der Waals surface area contributed by atoms with Gasteiger partial charge in [0.25, 0.3) is 0 Å². The topological polar surface area (TPSA) is 181 Å². The molecule has 0 radical (unpaired) electrons. The average Bonchev–Trinajstić information content (AvgIpc) is 3.92. The summed E-state index contributed by atoms with van der Waals surface area (Å²) in [6, 6.07) is 33.5. The number of hydrogen-bond donors (Lipinski definition) is 3. The summed E-state index contributed by atoms with van der Waals surface area (Å²) in [6.45, 7) is 3.04. The van der Waals surface area contributed by atoms with Crippen molar-refractivity contribution in [3.63, 3.8) is 0 Å². The molecule has 0 aliphatic heterocycles. The van der Waals surface area contributed by atoms with E-state index in [2.05, 4.69) is 35.7 Å². The first-order chi connectivity index (χ1) is 24.1. The fraction of sp³-hybridized carbons (Fsp3) is 0.0625. The van der Waals surface area contributed by atoms with E-state index < -0.39 is 26.0 Å². The first kappa shape index (κ1) is 45.9. The maximum atomic E-state index is 9.23. The zero-order valence-corrected chi connectivity index (χ0v) is 34.7. The average molecular weight is 987 g/mol. The molecule has 4 aromatic heterocycles. The molecule has 4 aromatic carbocycles. The van der Waals surface area contributed by atoms with E-state index in [1.165, 1.54) is 11.6 Å². The Morgan fingerprint density at radius 1 is 0.608 bits per heavy atom. The molecule has 0 amide bonds. The molecule has 8 rings (SSSR count). The van der Waals surface area contributed by atoms with E-state index in [-0.39, 0.29) is 11.3 Å². The zero-order valence-electron chi connectivity index (χ0n) is 26.7. The fourth-order valence-electron chi connectivity index (χ4n) is 3.88. The molecule has 19 heteroatoms. The summed E-state index contributed by atoms with van der Waals surface area (Å²) in [5, 5.41) is 45.3. The van der Waals surface area contributed by atoms with E-state index >= 15 is 0 Å². The van der Waals surface area contributed by atoms with Crippen LogP contribution in [0.3, 0.4) is 0 Å². The third-order valence-electron chi connectivity index (χ3n) is 5.83. The first-order valence-corrected chi connectivity index (χ1v) is 27.2. The van der Waals surface area contributed by atoms with Gasteiger partial charge in [-0.1, -0.05) is 84.7 Å². The van der Waals surface area contributed by atoms with Crippen LogP contribution in [0.25, 0.3) is 49.0 Å². The van der Waals surface area contributed by atoms with Crippen molar-refractivity contribution in [3.8, 4) is 6.07 Å². The number of benzene rings is 4. The molecule has 0 aliphatic carbocycles. The van der Waals surface area contributed by atoms with Crippen LogP contribution in [0, 0.1) is 11.3 Å². The van der Waals surface area contributed by atoms with Crippen molar-refractivity contribution in [3.05, 3.63) is 127 Å². The Morgan fingerprint density at radius 2 is 0.902 bits per heavy atom. The number of nitrogens with one attached hydrogen (secondary N) is 3. The Kier molecular flexibility index (Phi) is 23.9. The number of aromatic nitrogens is 8. The molecule has 0 unspecified atom stereocenters. The molecule has 0 bridgehead atoms. The van der Waals surface area contributed by atoms with Gasteiger partial charge in [-0.2, -0.15) is 20.6 Å². The summed E-state index contributed by atoms with van der Waals surface area (Å²) in [4.78, 5) is 0. The van der Waals surface area contributed by atoms with E-state index in [1.807, 2.05) is 116 Å². The number of para-hydroxylation sites is 4. The van der Waals surface area contributed by atoms with Crippen LogP contribution in [0.1, 0.15) is 13.8 Å². The van der Waals surface area contributed by atoms with Gasteiger partial charge in [-0.05, 0) is 36.0 Å². The van der Waals surface area contributed by atoms with E-state index in [0.29, 0.717) is 0 Å². The summed E-state index contributed by atoms with van der Waals surface area (Å²) >= 11 is -3.51. The van der Waals surface area contributed by atoms with Gasteiger partial charge in [0.05, 0.1) is 41.2 Å². The Bertz CT molecular complexity index is 1910. The number of nitrogens with zero attached hydrogens (tertiary/aromatic N) is 7. The van der Waals surface area contributed by atoms with Crippen LogP contribution < -0.4 is 0 Å². The largest absolute Gasteiger partial charge is 0.278 e. The van der Waals surface area contributed by atoms with E-state index in [1.54, 1.807) is 19.2 Å². The second kappa shape index (κ2) is 26.6. The molecule has 0 spiro atoms. The van der Waals surface area contributed by atoms with Crippen LogP contribution in [-0.2, 0) is 26.0 Å². The maximum Gasteiger partial charge on any atom is 0.0650 e. The summed E-state index contributed by atoms with van der Waals surface area (Å²) in [7, 11) is 29.7. The van der Waals surface area contributed by atoms with E-state index in [0.717, 1.165) is 43.6 Å². The number of fused-ring (bicyclic) bond motifs is 4. The molecule has 0 atom stereocenters. The SMILES string of the molecule is CC#N.CC(=[N-])n1ncc2ccccc21.O.[Cl][Ru]([Cl])[Cl].[Cl][Ru]([Cl])[Cl].c1ccc2[nH]ncc2c1.c1ccc2[nH]ncc2c1.c1ccc2[nH]ncc2c1. The number of nitriles is 1. The van der Waals surface area contributed by atoms with Crippen LogP contribution in [0.5, 0.6) is 0 Å². The first-order valence-electron chi connectivity index (χ1n) is 13.8. The van der Waals surface area contributed by atoms with Crippen LogP contribution >= 0.6 is 58.1 Å². The second-order valence-corrected chi connectivity index (χ2v) is 24.9. The zero-order chi connectivity index (χ0) is 36.7. The van der Waals surface area contributed by atoms with Crippen molar-refractivity contribution < 1.29 is 31.4 Å². The van der Waals surface area contributed by atoms with Gasteiger partial charge in [0, 0.05) is 29.3 Å². The molecule has 274 valence electrons. The third-order valence-corrected chi connectivity index (χ3v) is 5.83. The minimum Gasteiger partial charge on any atom is -0.278 e. The minimum atomic E-state index is -1.75. The number of rotatable bonds is 0. The Hall–Kier alpha value is -3.13. The molecule has 4 heterocycles. The quantitative estimate of drug-likeness (QED) is 0.0775. The van der Waals surface area contributed by atoms with Crippen molar-refractivity contribution in [2.24, 2.45) is 0 Å². The van der Waals surface area contributed by atoms with Gasteiger partial charge in [0.2, 0.25) is 0 Å². The summed E-state index contributed by atoms with van der Waals surface area (Å²) in [6.07, 6.45) is 7.18. The van der Waals surface area contributed by atoms with Crippen molar-refractivity contribution in [1.29, 1.82) is 5.26 Å². The number of halogens is 6. The number of hydrogen-bond acceptors (Lipinski definition) is 5. The van der Waals surface area contributed by atoms with E-state index in [4.69, 9.17) is 63.4 Å². The number of aromatic amines is 3. The van der Waals surface area contributed by atoms with Gasteiger partial charge in [0.1, 0.15) is 0 Å². The molecule has 0 saturated heterocycles. The standard InChI is InChI=1S/C9H8N3.3C7H6N2.C2H3N.6ClH.H2O.2Ru/c1-7(10)12-9-5-3-2-4-8(9)6-11-12;3*1-2-4-7-6(3-1)5-8-9-7;1-2-3;;;;;;;;;/h2-6H,1H3;3*1-5H,(H,8,9);1H3;6*1H;1H2;;/q-1;;;;;;;;;;;;2*+3/p-6. The van der Waals surface area contributed by atoms with Crippen molar-refractivity contribution in [2.75, 3.05) is 0 Å². The van der Waals surface area contributed by atoms with Crippen molar-refractivity contribution in [2.45, 2.75) is 13.8 Å². The summed E-state index contributed by atoms with van der Waals surface area (Å²) < 4.78 is 1.51. The molecule has 0 aliphatic rings. The van der Waals surface area contributed by atoms with Crippen molar-refractivity contribution >= 4 is 108 Å². The summed E-state index contributed by atoms with van der Waals surface area (Å²) in [5.74, 6) is 0.191. The van der Waals surface area contributed by atoms with Gasteiger partial charge in [-0.25, -0.2) is 0 Å². The third kappa shape index (κ3) is 18.3. The van der Waals surface area contributed by atoms with Gasteiger partial charge in [0.15, 0.2) is 0 Å². The van der Waals surface area contributed by atoms with Crippen molar-refractivity contribution in [1.82, 2.24) is 40.4 Å². The molecular formula is C32H31Cl6N10ORu2-. The van der Waals surface area contributed by atoms with Crippen LogP contribution in [0.15, 0.2) is 122 Å². The Balaban J connectivity index is 0.000000310. The van der Waals surface area contributed by atoms with E-state index in [9.17, 15) is 5.41 Å². The van der Waals surface area contributed by atoms with Crippen LogP contribution in [-0.4, -0.2) is 51.7 Å². The molecule has 0 fully saturated rings. The van der Waals surface area contributed by atoms with Gasteiger partial charge < -0.3 is 15.6 Å². The Morgan fingerprint density at radius 3 is 1.22 bits per heavy atom. The second-order valence-electron chi connectivity index (χ2n) is 9.06. The smallest absolute Gasteiger partial charge is 0.0650 e. The summed E-state index contributed by atoms with van der Waals surface area (Å²) in [5.41, 5.74) is 4.21. The van der Waals surface area contributed by atoms with Gasteiger partial charge in [-0.15, -0.1) is 0 Å². The predicted molar refractivity (Wildman–Crippen MR) is 207 cm³/mol. The molecule has 0 saturated carbocycles. The molecule has 11 nitrogen and oxygen atoms in total. The monoisotopic (exact) mass is 985 g/mol. The molecule has 8 aromatic rings. The van der Waals surface area contributed by atoms with Crippen LogP contribution in [0.2, 0.25) is 0 Å². The molecule has 5 N–H and O–H groups in total. The maximum absolute atomic E-state index is 9.23. The fourth-order valence-corrected chi connectivity index (χ4v) is 3.88. The number of H-pyrrole nitrogens is 3. The van der Waals surface area contributed by atoms with Gasteiger partial charge >= 0.3 is 84.1 Å². The normalized spacial score (nSPS) is 9.78. The molecular weight excluding hydrogens is 955 g/mol. The predicted octanol–water partition coefficient (Wildman–Crippen LogP) is 10.4. The molecule has 51 heavy (non-hydrogen) atoms.